The Kier molecular flexibility index (Phi) is 4.82. The minimum absolute atomic E-state index is 0.0553. The maximum atomic E-state index is 11.1. The van der Waals surface area contributed by atoms with Gasteiger partial charge in [-0.25, -0.2) is 4.79 Å². The van der Waals surface area contributed by atoms with E-state index >= 15 is 0 Å². The lowest BCUT2D eigenvalue weighted by molar-refractivity contribution is 0.0697. The molecule has 0 fully saturated rings. The van der Waals surface area contributed by atoms with E-state index in [9.17, 15) is 4.79 Å². The molecule has 0 bridgehead atoms. The fourth-order valence-corrected chi connectivity index (χ4v) is 4.33. The van der Waals surface area contributed by atoms with Gasteiger partial charge in [0.2, 0.25) is 0 Å². The van der Waals surface area contributed by atoms with Gasteiger partial charge in [-0.15, -0.1) is 0 Å². The van der Waals surface area contributed by atoms with Crippen molar-refractivity contribution >= 4 is 34.7 Å². The molecule has 0 aliphatic heterocycles. The summed E-state index contributed by atoms with van der Waals surface area (Å²) in [7, 11) is 0. The molecule has 158 valence electrons. The van der Waals surface area contributed by atoms with Crippen LogP contribution in [0.3, 0.4) is 0 Å². The molecule has 1 N–H and O–H groups in total. The highest BCUT2D eigenvalue weighted by atomic mass is 16.4. The second-order valence-electron chi connectivity index (χ2n) is 8.92. The molecule has 0 spiro atoms. The summed E-state index contributed by atoms with van der Waals surface area (Å²) in [5, 5.41) is 10.2. The Morgan fingerprint density at radius 2 is 1.66 bits per heavy atom. The molecule has 32 heavy (non-hydrogen) atoms. The summed E-state index contributed by atoms with van der Waals surface area (Å²) in [5.74, 6) is -0.0175. The number of carboxylic acids is 1. The molecule has 0 saturated carbocycles. The predicted molar refractivity (Wildman–Crippen MR) is 130 cm³/mol. The van der Waals surface area contributed by atoms with Gasteiger partial charge in [0.15, 0.2) is 0 Å². The van der Waals surface area contributed by atoms with E-state index in [1.165, 1.54) is 11.1 Å². The number of hydrogen-bond acceptors (Lipinski definition) is 2. The molecule has 5 rings (SSSR count). The smallest absolute Gasteiger partial charge is 0.335 e. The molecule has 1 aromatic heterocycles. The van der Waals surface area contributed by atoms with E-state index in [1.807, 2.05) is 36.4 Å². The van der Waals surface area contributed by atoms with Crippen molar-refractivity contribution in [1.82, 2.24) is 0 Å². The number of aromatic carboxylic acids is 1. The van der Waals surface area contributed by atoms with Crippen molar-refractivity contribution in [2.75, 3.05) is 0 Å². The topological polar surface area (TPSA) is 50.4 Å². The van der Waals surface area contributed by atoms with Crippen LogP contribution in [0, 0.1) is 0 Å². The average molecular weight is 421 g/mol. The standard InChI is InChI=1S/C29H24O3/c1-29(2)16-15-23(27-18-22-5-3-4-6-26(22)32-27)24-17-20(11-14-25(24)29)8-7-19-9-12-21(13-10-19)28(30)31/h3-15,17-18H,16H2,1-2H3,(H,30,31). The van der Waals surface area contributed by atoms with Gasteiger partial charge in [0.1, 0.15) is 11.3 Å². The summed E-state index contributed by atoms with van der Waals surface area (Å²) in [6, 6.07) is 23.7. The highest BCUT2D eigenvalue weighted by Crippen LogP contribution is 2.42. The number of carbonyl (C=O) groups is 1. The fraction of sp³-hybridized carbons (Fsp3) is 0.138. The zero-order chi connectivity index (χ0) is 22.3. The number of furan rings is 1. The summed E-state index contributed by atoms with van der Waals surface area (Å²) in [5.41, 5.74) is 6.94. The molecular formula is C29H24O3. The summed E-state index contributed by atoms with van der Waals surface area (Å²) < 4.78 is 6.20. The maximum absolute atomic E-state index is 11.1. The largest absolute Gasteiger partial charge is 0.478 e. The van der Waals surface area contributed by atoms with E-state index in [-0.39, 0.29) is 5.41 Å². The van der Waals surface area contributed by atoms with E-state index < -0.39 is 5.97 Å². The minimum Gasteiger partial charge on any atom is -0.478 e. The zero-order valence-corrected chi connectivity index (χ0v) is 18.1. The van der Waals surface area contributed by atoms with Gasteiger partial charge in [-0.2, -0.15) is 0 Å². The number of allylic oxidation sites excluding steroid dienone is 1. The number of benzene rings is 3. The average Bonchev–Trinajstić information content (AvgIpc) is 3.21. The predicted octanol–water partition coefficient (Wildman–Crippen LogP) is 7.41. The molecule has 0 amide bonds. The van der Waals surface area contributed by atoms with E-state index in [2.05, 4.69) is 56.3 Å². The van der Waals surface area contributed by atoms with Crippen LogP contribution in [0.25, 0.3) is 28.7 Å². The van der Waals surface area contributed by atoms with Crippen molar-refractivity contribution in [3.8, 4) is 0 Å². The number of rotatable bonds is 4. The van der Waals surface area contributed by atoms with Gasteiger partial charge in [0, 0.05) is 11.0 Å². The van der Waals surface area contributed by atoms with Crippen LogP contribution >= 0.6 is 0 Å². The van der Waals surface area contributed by atoms with E-state index in [1.54, 1.807) is 12.1 Å². The minimum atomic E-state index is -0.914. The molecular weight excluding hydrogens is 396 g/mol. The van der Waals surface area contributed by atoms with Gasteiger partial charge < -0.3 is 9.52 Å². The zero-order valence-electron chi connectivity index (χ0n) is 18.1. The normalized spacial score (nSPS) is 15.0. The van der Waals surface area contributed by atoms with Crippen LogP contribution < -0.4 is 0 Å². The first-order valence-corrected chi connectivity index (χ1v) is 10.8. The van der Waals surface area contributed by atoms with Crippen LogP contribution in [0.15, 0.2) is 83.3 Å². The third kappa shape index (κ3) is 3.67. The SMILES string of the molecule is CC1(C)CC=C(c2cc3ccccc3o2)c2cc(C=Cc3ccc(C(=O)O)cc3)ccc21. The summed E-state index contributed by atoms with van der Waals surface area (Å²) in [4.78, 5) is 11.1. The molecule has 0 saturated heterocycles. The van der Waals surface area contributed by atoms with Crippen LogP contribution in [0.4, 0.5) is 0 Å². The van der Waals surface area contributed by atoms with Crippen molar-refractivity contribution in [3.05, 3.63) is 112 Å². The highest BCUT2D eigenvalue weighted by Gasteiger charge is 2.29. The monoisotopic (exact) mass is 420 g/mol. The summed E-state index contributed by atoms with van der Waals surface area (Å²) in [6.45, 7) is 4.55. The molecule has 1 aliphatic rings. The molecule has 3 nitrogen and oxygen atoms in total. The quantitative estimate of drug-likeness (QED) is 0.350. The molecule has 3 heteroatoms. The molecule has 1 aliphatic carbocycles. The maximum Gasteiger partial charge on any atom is 0.335 e. The van der Waals surface area contributed by atoms with Crippen molar-refractivity contribution in [2.45, 2.75) is 25.7 Å². The lowest BCUT2D eigenvalue weighted by Crippen LogP contribution is -2.21. The van der Waals surface area contributed by atoms with Gasteiger partial charge in [0.25, 0.3) is 0 Å². The van der Waals surface area contributed by atoms with E-state index in [0.29, 0.717) is 5.56 Å². The van der Waals surface area contributed by atoms with Crippen molar-refractivity contribution in [2.24, 2.45) is 0 Å². The Balaban J connectivity index is 1.52. The van der Waals surface area contributed by atoms with Gasteiger partial charge in [-0.1, -0.05) is 74.5 Å². The summed E-state index contributed by atoms with van der Waals surface area (Å²) >= 11 is 0. The Morgan fingerprint density at radius 1 is 0.938 bits per heavy atom. The van der Waals surface area contributed by atoms with Gasteiger partial charge >= 0.3 is 5.97 Å². The fourth-order valence-electron chi connectivity index (χ4n) is 4.33. The number of hydrogen-bond donors (Lipinski definition) is 1. The third-order valence-electron chi connectivity index (χ3n) is 6.20. The van der Waals surface area contributed by atoms with Gasteiger partial charge in [-0.3, -0.25) is 0 Å². The Labute approximate surface area is 187 Å². The lowest BCUT2D eigenvalue weighted by Gasteiger charge is -2.31. The first-order valence-electron chi connectivity index (χ1n) is 10.8. The lowest BCUT2D eigenvalue weighted by atomic mass is 9.72. The number of para-hydroxylation sites is 1. The van der Waals surface area contributed by atoms with Crippen LogP contribution in [0.2, 0.25) is 0 Å². The third-order valence-corrected chi connectivity index (χ3v) is 6.20. The second kappa shape index (κ2) is 7.69. The Bertz CT molecular complexity index is 1350. The molecule has 3 aromatic carbocycles. The van der Waals surface area contributed by atoms with E-state index in [4.69, 9.17) is 9.52 Å². The van der Waals surface area contributed by atoms with Crippen molar-refractivity contribution in [3.63, 3.8) is 0 Å². The van der Waals surface area contributed by atoms with Crippen LogP contribution in [0.1, 0.15) is 58.6 Å². The first-order chi connectivity index (χ1) is 15.4. The highest BCUT2D eigenvalue weighted by molar-refractivity contribution is 5.89. The Morgan fingerprint density at radius 3 is 2.41 bits per heavy atom. The van der Waals surface area contributed by atoms with Crippen LogP contribution in [0.5, 0.6) is 0 Å². The molecule has 4 aromatic rings. The first kappa shape index (κ1) is 20.1. The second-order valence-corrected chi connectivity index (χ2v) is 8.92. The molecule has 1 heterocycles. The van der Waals surface area contributed by atoms with Crippen LogP contribution in [-0.4, -0.2) is 11.1 Å². The molecule has 0 atom stereocenters. The van der Waals surface area contributed by atoms with Crippen molar-refractivity contribution in [1.29, 1.82) is 0 Å². The van der Waals surface area contributed by atoms with Gasteiger partial charge in [0.05, 0.1) is 5.56 Å². The van der Waals surface area contributed by atoms with E-state index in [0.717, 1.165) is 39.9 Å². The number of fused-ring (bicyclic) bond motifs is 2. The van der Waals surface area contributed by atoms with Crippen LogP contribution in [-0.2, 0) is 5.41 Å². The van der Waals surface area contributed by atoms with Gasteiger partial charge in [-0.05, 0) is 64.4 Å². The Hall–Kier alpha value is -3.85. The molecule has 0 radical (unpaired) electrons. The molecule has 0 unspecified atom stereocenters. The van der Waals surface area contributed by atoms with Crippen molar-refractivity contribution < 1.29 is 14.3 Å². The summed E-state index contributed by atoms with van der Waals surface area (Å²) in [6.07, 6.45) is 7.31. The number of carboxylic acid groups (broad SMARTS) is 1.